The van der Waals surface area contributed by atoms with Gasteiger partial charge in [0.1, 0.15) is 0 Å². The first-order valence-electron chi connectivity index (χ1n) is 2.29. The normalized spacial score (nSPS) is 7.07. The largest absolute Gasteiger partial charge is 1.00 e. The molecule has 72 valence electrons. The van der Waals surface area contributed by atoms with Gasteiger partial charge in [0.05, 0.1) is 0 Å². The van der Waals surface area contributed by atoms with E-state index in [0.29, 0.717) is 12.2 Å². The van der Waals surface area contributed by atoms with Crippen LogP contribution in [0.25, 0.3) is 0 Å². The van der Waals surface area contributed by atoms with E-state index < -0.39 is 15.3 Å². The average molecular weight is 256 g/mol. The molecular formula is C3F2N2Na2O5Si. The molecule has 0 aromatic carbocycles. The number of rotatable bonds is 2. The van der Waals surface area contributed by atoms with Crippen molar-refractivity contribution in [3.63, 3.8) is 0 Å². The van der Waals surface area contributed by atoms with Crippen molar-refractivity contribution >= 4 is 21.3 Å². The van der Waals surface area contributed by atoms with Crippen LogP contribution in [0.5, 0.6) is 0 Å². The Morgan fingerprint density at radius 2 is 1.27 bits per heavy atom. The number of hydrogen-bond donors (Lipinski definition) is 0. The Hall–Kier alpha value is 0.237. The van der Waals surface area contributed by atoms with Crippen LogP contribution in [0.3, 0.4) is 0 Å². The molecule has 0 aliphatic rings. The summed E-state index contributed by atoms with van der Waals surface area (Å²) in [4.78, 5) is 39.1. The van der Waals surface area contributed by atoms with Gasteiger partial charge >= 0.3 is 65.3 Å². The van der Waals surface area contributed by atoms with Crippen LogP contribution >= 0.6 is 0 Å². The predicted octanol–water partition coefficient (Wildman–Crippen LogP) is -8.66. The fourth-order valence-electron chi connectivity index (χ4n) is 0.135. The summed E-state index contributed by atoms with van der Waals surface area (Å²) in [7, 11) is -3.63. The van der Waals surface area contributed by atoms with Crippen LogP contribution in [0.1, 0.15) is 0 Å². The Kier molecular flexibility index (Phi) is 23.2. The third kappa shape index (κ3) is 31.4. The van der Waals surface area contributed by atoms with E-state index in [2.05, 4.69) is 0 Å². The van der Waals surface area contributed by atoms with E-state index >= 15 is 0 Å². The maximum atomic E-state index is 11.6. The molecule has 0 N–H and O–H groups in total. The molecule has 0 saturated heterocycles. The minimum absolute atomic E-state index is 0. The molecule has 15 heavy (non-hydrogen) atoms. The average Bonchev–Trinajstić information content (AvgIpc) is 1.84. The Morgan fingerprint density at radius 3 is 1.40 bits per heavy atom. The smallest absolute Gasteiger partial charge is 0.672 e. The molecule has 0 aliphatic carbocycles. The predicted molar refractivity (Wildman–Crippen MR) is 27.6 cm³/mol. The molecule has 0 bridgehead atoms. The summed E-state index contributed by atoms with van der Waals surface area (Å²) in [5.41, 5.74) is 0. The molecule has 0 fully saturated rings. The maximum Gasteiger partial charge on any atom is 1.00 e. The molecule has 0 aromatic heterocycles. The first kappa shape index (κ1) is 24.5. The van der Waals surface area contributed by atoms with Crippen molar-refractivity contribution in [3.05, 3.63) is 0 Å². The molecule has 0 aromatic rings. The second kappa shape index (κ2) is 14.2. The van der Waals surface area contributed by atoms with Gasteiger partial charge in [0.2, 0.25) is 12.2 Å². The Morgan fingerprint density at radius 1 is 1.07 bits per heavy atom. The number of isocyanates is 2. The molecule has 7 nitrogen and oxygen atoms in total. The topological polar surface area (TPSA) is 122 Å². The standard InChI is InChI=1S/C3F2N2O2.2Na.O3Si/c4-3(5,6-1-8)7-2-9;;;1-4(2)3/q;2*+1;-2. The minimum Gasteiger partial charge on any atom is -0.672 e. The Labute approximate surface area is 128 Å². The summed E-state index contributed by atoms with van der Waals surface area (Å²) in [5.74, 6) is 0. The first-order valence-corrected chi connectivity index (χ1v) is 3.52. The number of alkyl halides is 2. The van der Waals surface area contributed by atoms with Gasteiger partial charge in [0, 0.05) is 9.17 Å². The second-order valence-electron chi connectivity index (χ2n) is 1.17. The monoisotopic (exact) mass is 256 g/mol. The van der Waals surface area contributed by atoms with Crippen molar-refractivity contribution in [3.8, 4) is 0 Å². The number of aliphatic imine (C=N–C) groups is 2. The number of carbonyl (C=O) groups excluding carboxylic acids is 2. The molecule has 12 heteroatoms. The van der Waals surface area contributed by atoms with Gasteiger partial charge in [-0.15, -0.1) is 9.98 Å². The quantitative estimate of drug-likeness (QED) is 0.210. The van der Waals surface area contributed by atoms with E-state index in [1.807, 2.05) is 9.98 Å². The molecular weight excluding hydrogens is 256 g/mol. The molecule has 0 amide bonds. The summed E-state index contributed by atoms with van der Waals surface area (Å²) < 4.78 is 31.7. The number of nitrogens with zero attached hydrogens (tertiary/aromatic N) is 2. The van der Waals surface area contributed by atoms with E-state index in [-0.39, 0.29) is 59.1 Å². The molecule has 0 rings (SSSR count). The molecule has 0 atom stereocenters. The van der Waals surface area contributed by atoms with Crippen molar-refractivity contribution in [1.29, 1.82) is 0 Å². The summed E-state index contributed by atoms with van der Waals surface area (Å²) in [6.45, 7) is 0. The zero-order chi connectivity index (χ0) is 10.9. The van der Waals surface area contributed by atoms with E-state index in [0.717, 1.165) is 0 Å². The molecule has 0 heterocycles. The SMILES string of the molecule is O=C=NC(F)(F)N=C=O.O=[Si]([O-])[O-].[Na+].[Na+]. The molecule has 0 spiro atoms. The van der Waals surface area contributed by atoms with E-state index in [1.165, 1.54) is 0 Å². The molecule has 0 unspecified atom stereocenters. The van der Waals surface area contributed by atoms with Gasteiger partial charge in [0.15, 0.2) is 0 Å². The van der Waals surface area contributed by atoms with Gasteiger partial charge in [-0.25, -0.2) is 9.59 Å². The summed E-state index contributed by atoms with van der Waals surface area (Å²) >= 11 is 0. The van der Waals surface area contributed by atoms with Crippen molar-refractivity contribution in [2.24, 2.45) is 9.98 Å². The molecule has 0 saturated carbocycles. The van der Waals surface area contributed by atoms with Crippen LogP contribution in [-0.2, 0) is 14.1 Å². The van der Waals surface area contributed by atoms with Crippen LogP contribution in [0.15, 0.2) is 9.98 Å². The zero-order valence-electron chi connectivity index (χ0n) is 7.69. The summed E-state index contributed by atoms with van der Waals surface area (Å²) in [6, 6.07) is 0. The summed E-state index contributed by atoms with van der Waals surface area (Å²) in [5, 5.41) is 0. The third-order valence-electron chi connectivity index (χ3n) is 0.360. The van der Waals surface area contributed by atoms with Crippen molar-refractivity contribution in [2.45, 2.75) is 6.17 Å². The van der Waals surface area contributed by atoms with E-state index in [9.17, 15) is 8.78 Å². The van der Waals surface area contributed by atoms with E-state index in [1.54, 1.807) is 0 Å². The van der Waals surface area contributed by atoms with Crippen LogP contribution < -0.4 is 68.7 Å². The third-order valence-corrected chi connectivity index (χ3v) is 0.360. The minimum atomic E-state index is -4.00. The maximum absolute atomic E-state index is 11.6. The zero-order valence-corrected chi connectivity index (χ0v) is 12.7. The van der Waals surface area contributed by atoms with Gasteiger partial charge in [-0.1, -0.05) is 0 Å². The van der Waals surface area contributed by atoms with Crippen LogP contribution in [0.2, 0.25) is 0 Å². The van der Waals surface area contributed by atoms with Gasteiger partial charge in [-0.2, -0.15) is 8.78 Å². The number of halogens is 2. The molecule has 0 radical (unpaired) electrons. The molecule has 0 aliphatic heterocycles. The van der Waals surface area contributed by atoms with Crippen molar-refractivity contribution in [1.82, 2.24) is 0 Å². The summed E-state index contributed by atoms with van der Waals surface area (Å²) in [6.07, 6.45) is -2.91. The van der Waals surface area contributed by atoms with Crippen molar-refractivity contribution in [2.75, 3.05) is 0 Å². The van der Waals surface area contributed by atoms with Gasteiger partial charge < -0.3 is 14.1 Å². The van der Waals surface area contributed by atoms with Crippen LogP contribution in [-0.4, -0.2) is 27.5 Å². The fourth-order valence-corrected chi connectivity index (χ4v) is 0.135. The van der Waals surface area contributed by atoms with Crippen LogP contribution in [0, 0.1) is 0 Å². The van der Waals surface area contributed by atoms with Gasteiger partial charge in [0.25, 0.3) is 0 Å². The van der Waals surface area contributed by atoms with Gasteiger partial charge in [-0.05, 0) is 0 Å². The van der Waals surface area contributed by atoms with E-state index in [4.69, 9.17) is 23.6 Å². The van der Waals surface area contributed by atoms with Gasteiger partial charge in [-0.3, -0.25) is 0 Å². The fraction of sp³-hybridized carbons (Fsp3) is 0.333. The first-order chi connectivity index (χ1) is 5.85. The number of hydrogen-bond acceptors (Lipinski definition) is 7. The Balaban J connectivity index is -0.0000000883. The van der Waals surface area contributed by atoms with Crippen LogP contribution in [0.4, 0.5) is 8.78 Å². The van der Waals surface area contributed by atoms with Crippen molar-refractivity contribution < 1.29 is 91.5 Å². The second-order valence-corrected chi connectivity index (χ2v) is 1.67. The Bertz CT molecular complexity index is 253.